The Hall–Kier alpha value is -0.700. The number of likely N-dealkylation sites (N-methyl/N-ethyl adjacent to an activating group) is 1. The molecule has 1 aliphatic rings. The minimum atomic E-state index is -3.50. The summed E-state index contributed by atoms with van der Waals surface area (Å²) in [5.41, 5.74) is 0.430. The van der Waals surface area contributed by atoms with Gasteiger partial charge >= 0.3 is 4.87 Å². The van der Waals surface area contributed by atoms with Crippen LogP contribution in [-0.4, -0.2) is 55.8 Å². The highest BCUT2D eigenvalue weighted by Crippen LogP contribution is 2.21. The van der Waals surface area contributed by atoms with Crippen molar-refractivity contribution in [3.8, 4) is 0 Å². The van der Waals surface area contributed by atoms with Crippen molar-refractivity contribution in [2.24, 2.45) is 0 Å². The maximum Gasteiger partial charge on any atom is 0.305 e. The molecule has 6 nitrogen and oxygen atoms in total. The maximum absolute atomic E-state index is 12.3. The lowest BCUT2D eigenvalue weighted by Crippen LogP contribution is -2.46. The molecular weight excluding hydrogens is 262 g/mol. The summed E-state index contributed by atoms with van der Waals surface area (Å²) in [7, 11) is -1.54. The Balaban J connectivity index is 2.31. The number of nitrogens with zero attached hydrogens (tertiary/aromatic N) is 2. The van der Waals surface area contributed by atoms with Crippen LogP contribution in [0.25, 0.3) is 0 Å². The third kappa shape index (κ3) is 2.44. The zero-order chi connectivity index (χ0) is 12.6. The Morgan fingerprint density at radius 2 is 1.82 bits per heavy atom. The van der Waals surface area contributed by atoms with Crippen LogP contribution in [0.2, 0.25) is 0 Å². The van der Waals surface area contributed by atoms with Crippen molar-refractivity contribution in [3.63, 3.8) is 0 Å². The fourth-order valence-electron chi connectivity index (χ4n) is 1.78. The summed E-state index contributed by atoms with van der Waals surface area (Å²) >= 11 is 0.761. The van der Waals surface area contributed by atoms with E-state index < -0.39 is 10.0 Å². The quantitative estimate of drug-likeness (QED) is 0.804. The summed E-state index contributed by atoms with van der Waals surface area (Å²) in [6.07, 6.45) is 0. The first-order valence-electron chi connectivity index (χ1n) is 5.29. The molecular formula is C9H15N3O3S2. The van der Waals surface area contributed by atoms with Crippen LogP contribution in [0.4, 0.5) is 0 Å². The minimum absolute atomic E-state index is 0.145. The molecule has 8 heteroatoms. The van der Waals surface area contributed by atoms with Gasteiger partial charge in [0, 0.05) is 31.9 Å². The number of hydrogen-bond donors (Lipinski definition) is 1. The van der Waals surface area contributed by atoms with Gasteiger partial charge in [-0.1, -0.05) is 11.3 Å². The van der Waals surface area contributed by atoms with E-state index in [1.807, 2.05) is 7.05 Å². The number of H-pyrrole nitrogens is 1. The third-order valence-electron chi connectivity index (χ3n) is 2.82. The molecule has 1 aromatic rings. The number of rotatable bonds is 2. The number of sulfonamides is 1. The highest BCUT2D eigenvalue weighted by Gasteiger charge is 2.30. The molecule has 0 unspecified atom stereocenters. The van der Waals surface area contributed by atoms with Gasteiger partial charge in [-0.25, -0.2) is 8.42 Å². The number of nitrogens with one attached hydrogen (secondary N) is 1. The second-order valence-corrected chi connectivity index (χ2v) is 7.25. The topological polar surface area (TPSA) is 73.5 Å². The second kappa shape index (κ2) is 4.52. The molecule has 1 saturated heterocycles. The fraction of sp³-hybridized carbons (Fsp3) is 0.667. The number of hydrogen-bond acceptors (Lipinski definition) is 5. The van der Waals surface area contributed by atoms with Crippen LogP contribution < -0.4 is 4.87 Å². The van der Waals surface area contributed by atoms with E-state index in [-0.39, 0.29) is 9.08 Å². The Morgan fingerprint density at radius 1 is 1.24 bits per heavy atom. The molecule has 17 heavy (non-hydrogen) atoms. The monoisotopic (exact) mass is 277 g/mol. The summed E-state index contributed by atoms with van der Waals surface area (Å²) in [5, 5.41) is 0. The molecule has 0 spiro atoms. The van der Waals surface area contributed by atoms with Gasteiger partial charge in [0.05, 0.1) is 0 Å². The van der Waals surface area contributed by atoms with E-state index in [0.29, 0.717) is 18.8 Å². The Bertz CT molecular complexity index is 552. The summed E-state index contributed by atoms with van der Waals surface area (Å²) in [6, 6.07) is 0. The second-order valence-electron chi connectivity index (χ2n) is 4.13. The van der Waals surface area contributed by atoms with E-state index in [1.165, 1.54) is 4.31 Å². The summed E-state index contributed by atoms with van der Waals surface area (Å²) < 4.78 is 26.2. The molecule has 1 fully saturated rings. The number of aryl methyl sites for hydroxylation is 1. The summed E-state index contributed by atoms with van der Waals surface area (Å²) in [4.78, 5) is 15.4. The van der Waals surface area contributed by atoms with Gasteiger partial charge < -0.3 is 9.88 Å². The van der Waals surface area contributed by atoms with E-state index in [4.69, 9.17) is 0 Å². The molecule has 2 rings (SSSR count). The first-order valence-corrected chi connectivity index (χ1v) is 7.55. The van der Waals surface area contributed by atoms with Crippen molar-refractivity contribution >= 4 is 21.4 Å². The van der Waals surface area contributed by atoms with Crippen LogP contribution in [0.5, 0.6) is 0 Å². The molecule has 0 amide bonds. The SMILES string of the molecule is Cc1[nH]c(=O)sc1S(=O)(=O)N1CCN(C)CC1. The highest BCUT2D eigenvalue weighted by atomic mass is 32.2. The average molecular weight is 277 g/mol. The van der Waals surface area contributed by atoms with Gasteiger partial charge in [-0.2, -0.15) is 4.31 Å². The molecule has 0 radical (unpaired) electrons. The van der Waals surface area contributed by atoms with Crippen LogP contribution in [0.1, 0.15) is 5.69 Å². The smallest absolute Gasteiger partial charge is 0.305 e. The standard InChI is InChI=1S/C9H15N3O3S2/c1-7-8(16-9(13)10-7)17(14,15)12-5-3-11(2)4-6-12/h3-6H2,1-2H3,(H,10,13). The maximum atomic E-state index is 12.3. The van der Waals surface area contributed by atoms with Gasteiger partial charge in [-0.15, -0.1) is 0 Å². The van der Waals surface area contributed by atoms with Crippen molar-refractivity contribution in [2.75, 3.05) is 33.2 Å². The van der Waals surface area contributed by atoms with E-state index in [0.717, 1.165) is 24.4 Å². The van der Waals surface area contributed by atoms with Gasteiger partial charge in [-0.3, -0.25) is 4.79 Å². The van der Waals surface area contributed by atoms with E-state index in [1.54, 1.807) is 6.92 Å². The fourth-order valence-corrected chi connectivity index (χ4v) is 4.64. The van der Waals surface area contributed by atoms with E-state index >= 15 is 0 Å². The molecule has 0 atom stereocenters. The number of aromatic nitrogens is 1. The summed E-state index contributed by atoms with van der Waals surface area (Å²) in [5.74, 6) is 0. The van der Waals surface area contributed by atoms with Crippen molar-refractivity contribution < 1.29 is 8.42 Å². The molecule has 1 aliphatic heterocycles. The number of piperazine rings is 1. The summed E-state index contributed by atoms with van der Waals surface area (Å²) in [6.45, 7) is 4.00. The Labute approximate surface area is 104 Å². The van der Waals surface area contributed by atoms with Crippen LogP contribution in [0, 0.1) is 6.92 Å². The molecule has 0 aliphatic carbocycles. The molecule has 0 saturated carbocycles. The van der Waals surface area contributed by atoms with E-state index in [2.05, 4.69) is 9.88 Å². The molecule has 2 heterocycles. The van der Waals surface area contributed by atoms with E-state index in [9.17, 15) is 13.2 Å². The van der Waals surface area contributed by atoms with Gasteiger partial charge in [0.1, 0.15) is 0 Å². The minimum Gasteiger partial charge on any atom is -0.315 e. The predicted molar refractivity (Wildman–Crippen MR) is 65.9 cm³/mol. The van der Waals surface area contributed by atoms with Crippen LogP contribution in [0.3, 0.4) is 0 Å². The highest BCUT2D eigenvalue weighted by molar-refractivity contribution is 7.91. The van der Waals surface area contributed by atoms with Crippen LogP contribution in [0.15, 0.2) is 9.00 Å². The van der Waals surface area contributed by atoms with Crippen LogP contribution in [-0.2, 0) is 10.0 Å². The molecule has 0 aromatic carbocycles. The lowest BCUT2D eigenvalue weighted by atomic mass is 10.4. The molecule has 0 bridgehead atoms. The number of aromatic amines is 1. The van der Waals surface area contributed by atoms with Crippen molar-refractivity contribution in [2.45, 2.75) is 11.1 Å². The average Bonchev–Trinajstić information content (AvgIpc) is 2.59. The lowest BCUT2D eigenvalue weighted by molar-refractivity contribution is 0.222. The normalized spacial score (nSPS) is 19.6. The first kappa shape index (κ1) is 12.7. The zero-order valence-corrected chi connectivity index (χ0v) is 11.4. The van der Waals surface area contributed by atoms with Gasteiger partial charge in [0.15, 0.2) is 4.21 Å². The predicted octanol–water partition coefficient (Wildman–Crippen LogP) is -0.319. The molecule has 1 N–H and O–H groups in total. The van der Waals surface area contributed by atoms with Gasteiger partial charge in [0.25, 0.3) is 10.0 Å². The first-order chi connectivity index (χ1) is 7.91. The third-order valence-corrected chi connectivity index (χ3v) is 6.30. The van der Waals surface area contributed by atoms with Gasteiger partial charge in [-0.05, 0) is 14.0 Å². The van der Waals surface area contributed by atoms with Crippen molar-refractivity contribution in [1.82, 2.24) is 14.2 Å². The van der Waals surface area contributed by atoms with Gasteiger partial charge in [0.2, 0.25) is 0 Å². The van der Waals surface area contributed by atoms with Crippen LogP contribution >= 0.6 is 11.3 Å². The Morgan fingerprint density at radius 3 is 2.29 bits per heavy atom. The van der Waals surface area contributed by atoms with Crippen molar-refractivity contribution in [3.05, 3.63) is 15.4 Å². The molecule has 1 aromatic heterocycles. The Kier molecular flexibility index (Phi) is 3.39. The number of thiazole rings is 1. The van der Waals surface area contributed by atoms with Crippen molar-refractivity contribution in [1.29, 1.82) is 0 Å². The largest absolute Gasteiger partial charge is 0.315 e. The zero-order valence-electron chi connectivity index (χ0n) is 9.76. The lowest BCUT2D eigenvalue weighted by Gasteiger charge is -2.31. The molecule has 96 valence electrons.